The number of carbonyl (C=O) groups is 1. The number of fused-ring (bicyclic) bond motifs is 1. The molecule has 0 aliphatic heterocycles. The van der Waals surface area contributed by atoms with E-state index in [1.54, 1.807) is 23.6 Å². The maximum Gasteiger partial charge on any atom is 0.266 e. The zero-order valence-electron chi connectivity index (χ0n) is 15.9. The molecule has 0 aliphatic carbocycles. The van der Waals surface area contributed by atoms with Crippen LogP contribution in [0.25, 0.3) is 10.2 Å². The van der Waals surface area contributed by atoms with E-state index < -0.39 is 0 Å². The lowest BCUT2D eigenvalue weighted by Crippen LogP contribution is -2.21. The minimum atomic E-state index is -0.273. The lowest BCUT2D eigenvalue weighted by atomic mass is 10.1. The van der Waals surface area contributed by atoms with Crippen molar-refractivity contribution in [3.8, 4) is 0 Å². The van der Waals surface area contributed by atoms with Crippen molar-refractivity contribution in [3.05, 3.63) is 91.8 Å². The number of nitrogens with one attached hydrogen (secondary N) is 1. The van der Waals surface area contributed by atoms with Crippen LogP contribution in [0.4, 0.5) is 5.69 Å². The molecule has 0 unspecified atom stereocenters. The number of rotatable bonds is 4. The van der Waals surface area contributed by atoms with Gasteiger partial charge in [0.15, 0.2) is 0 Å². The molecule has 29 heavy (non-hydrogen) atoms. The second kappa shape index (κ2) is 7.81. The number of carbonyl (C=O) groups excluding carboxylic acids is 1. The first-order valence-electron chi connectivity index (χ1n) is 9.04. The van der Waals surface area contributed by atoms with E-state index in [1.807, 2.05) is 43.3 Å². The van der Waals surface area contributed by atoms with E-state index in [-0.39, 0.29) is 11.5 Å². The van der Waals surface area contributed by atoms with Crippen molar-refractivity contribution in [1.29, 1.82) is 0 Å². The first kappa shape index (κ1) is 19.4. The zero-order valence-corrected chi connectivity index (χ0v) is 17.5. The Labute approximate surface area is 176 Å². The van der Waals surface area contributed by atoms with Gasteiger partial charge in [-0.1, -0.05) is 48.0 Å². The lowest BCUT2D eigenvalue weighted by Gasteiger charge is -2.08. The molecule has 0 saturated heterocycles. The molecule has 0 spiro atoms. The Morgan fingerprint density at radius 2 is 1.93 bits per heavy atom. The normalized spacial score (nSPS) is 11.0. The van der Waals surface area contributed by atoms with Crippen molar-refractivity contribution in [2.45, 2.75) is 20.4 Å². The minimum Gasteiger partial charge on any atom is -0.321 e. The van der Waals surface area contributed by atoms with Gasteiger partial charge in [-0.15, -0.1) is 11.3 Å². The van der Waals surface area contributed by atoms with Gasteiger partial charge in [0, 0.05) is 10.7 Å². The molecular formula is C22H18ClN3O2S. The molecule has 0 atom stereocenters. The number of benzene rings is 2. The number of aromatic nitrogens is 2. The summed E-state index contributed by atoms with van der Waals surface area (Å²) >= 11 is 7.26. The number of nitrogens with zero attached hydrogens (tertiary/aromatic N) is 2. The molecular weight excluding hydrogens is 406 g/mol. The van der Waals surface area contributed by atoms with Crippen LogP contribution in [-0.2, 0) is 6.54 Å². The van der Waals surface area contributed by atoms with Crippen LogP contribution < -0.4 is 10.9 Å². The highest BCUT2D eigenvalue weighted by atomic mass is 35.5. The highest BCUT2D eigenvalue weighted by Crippen LogP contribution is 2.28. The van der Waals surface area contributed by atoms with Gasteiger partial charge in [0.2, 0.25) is 0 Å². The maximum atomic E-state index is 13.0. The van der Waals surface area contributed by atoms with Crippen LogP contribution in [0.3, 0.4) is 0 Å². The minimum absolute atomic E-state index is 0.148. The van der Waals surface area contributed by atoms with Crippen LogP contribution in [0.5, 0.6) is 0 Å². The van der Waals surface area contributed by atoms with Crippen molar-refractivity contribution in [2.24, 2.45) is 0 Å². The van der Waals surface area contributed by atoms with Crippen molar-refractivity contribution in [1.82, 2.24) is 9.55 Å². The molecule has 5 nitrogen and oxygen atoms in total. The Kier molecular flexibility index (Phi) is 5.22. The van der Waals surface area contributed by atoms with Crippen LogP contribution in [0, 0.1) is 13.8 Å². The second-order valence-electron chi connectivity index (χ2n) is 6.81. The molecule has 1 N–H and O–H groups in total. The molecule has 0 bridgehead atoms. The van der Waals surface area contributed by atoms with Crippen LogP contribution >= 0.6 is 22.9 Å². The van der Waals surface area contributed by atoms with Gasteiger partial charge in [0.1, 0.15) is 4.83 Å². The summed E-state index contributed by atoms with van der Waals surface area (Å²) in [5, 5.41) is 3.93. The molecule has 0 aliphatic rings. The molecule has 2 heterocycles. The Morgan fingerprint density at radius 1 is 1.17 bits per heavy atom. The molecule has 7 heteroatoms. The zero-order chi connectivity index (χ0) is 20.5. The maximum absolute atomic E-state index is 13.0. The van der Waals surface area contributed by atoms with Gasteiger partial charge in [-0.25, -0.2) is 4.98 Å². The van der Waals surface area contributed by atoms with E-state index in [1.165, 1.54) is 17.7 Å². The molecule has 0 saturated carbocycles. The molecule has 0 radical (unpaired) electrons. The van der Waals surface area contributed by atoms with E-state index in [9.17, 15) is 9.59 Å². The number of aryl methyl sites for hydroxylation is 2. The highest BCUT2D eigenvalue weighted by Gasteiger charge is 2.20. The standard InChI is InChI=1S/C22H18ClN3O2S/c1-13-8-9-16(23)10-17(13)25-20(27)19-14(2)18-21(29-19)24-12-26(22(18)28)11-15-6-4-3-5-7-15/h3-10,12H,11H2,1-2H3,(H,25,27). The molecule has 2 aromatic carbocycles. The first-order chi connectivity index (χ1) is 13.9. The predicted molar refractivity (Wildman–Crippen MR) is 118 cm³/mol. The first-order valence-corrected chi connectivity index (χ1v) is 10.2. The lowest BCUT2D eigenvalue weighted by molar-refractivity contribution is 0.103. The van der Waals surface area contributed by atoms with Gasteiger partial charge in [-0.2, -0.15) is 0 Å². The molecule has 4 rings (SSSR count). The van der Waals surface area contributed by atoms with Crippen LogP contribution in [0.1, 0.15) is 26.4 Å². The molecule has 1 amide bonds. The van der Waals surface area contributed by atoms with Crippen LogP contribution in [0.2, 0.25) is 5.02 Å². The van der Waals surface area contributed by atoms with E-state index in [2.05, 4.69) is 10.3 Å². The summed E-state index contributed by atoms with van der Waals surface area (Å²) in [4.78, 5) is 31.4. The Bertz CT molecular complexity index is 1280. The van der Waals surface area contributed by atoms with E-state index in [0.29, 0.717) is 37.9 Å². The van der Waals surface area contributed by atoms with Crippen molar-refractivity contribution >= 4 is 44.7 Å². The summed E-state index contributed by atoms with van der Waals surface area (Å²) in [6.45, 7) is 4.11. The summed E-state index contributed by atoms with van der Waals surface area (Å²) in [7, 11) is 0. The molecule has 146 valence electrons. The quantitative estimate of drug-likeness (QED) is 0.500. The number of hydrogen-bond donors (Lipinski definition) is 1. The van der Waals surface area contributed by atoms with Gasteiger partial charge >= 0.3 is 0 Å². The van der Waals surface area contributed by atoms with E-state index in [4.69, 9.17) is 11.6 Å². The van der Waals surface area contributed by atoms with Crippen molar-refractivity contribution < 1.29 is 4.79 Å². The number of thiophene rings is 1. The summed E-state index contributed by atoms with van der Waals surface area (Å²) in [5.74, 6) is -0.273. The number of amides is 1. The van der Waals surface area contributed by atoms with E-state index in [0.717, 1.165) is 11.1 Å². The third-order valence-corrected chi connectivity index (χ3v) is 6.20. The monoisotopic (exact) mass is 423 g/mol. The fourth-order valence-electron chi connectivity index (χ4n) is 3.18. The third kappa shape index (κ3) is 3.81. The predicted octanol–water partition coefficient (Wildman–Crippen LogP) is 5.03. The fourth-order valence-corrected chi connectivity index (χ4v) is 4.38. The van der Waals surface area contributed by atoms with Crippen LogP contribution in [-0.4, -0.2) is 15.5 Å². The average Bonchev–Trinajstić information content (AvgIpc) is 3.05. The van der Waals surface area contributed by atoms with Crippen molar-refractivity contribution in [3.63, 3.8) is 0 Å². The second-order valence-corrected chi connectivity index (χ2v) is 8.25. The van der Waals surface area contributed by atoms with Gasteiger partial charge in [-0.3, -0.25) is 14.2 Å². The third-order valence-electron chi connectivity index (χ3n) is 4.77. The summed E-state index contributed by atoms with van der Waals surface area (Å²) < 4.78 is 1.57. The highest BCUT2D eigenvalue weighted by molar-refractivity contribution is 7.20. The number of anilines is 1. The van der Waals surface area contributed by atoms with Gasteiger partial charge in [0.25, 0.3) is 11.5 Å². The van der Waals surface area contributed by atoms with Gasteiger partial charge in [0.05, 0.1) is 23.1 Å². The van der Waals surface area contributed by atoms with Crippen molar-refractivity contribution in [2.75, 3.05) is 5.32 Å². The van der Waals surface area contributed by atoms with Crippen LogP contribution in [0.15, 0.2) is 59.7 Å². The van der Waals surface area contributed by atoms with Gasteiger partial charge < -0.3 is 5.32 Å². The molecule has 0 fully saturated rings. The molecule has 4 aromatic rings. The van der Waals surface area contributed by atoms with Gasteiger partial charge in [-0.05, 0) is 42.7 Å². The average molecular weight is 424 g/mol. The Morgan fingerprint density at radius 3 is 2.69 bits per heavy atom. The number of hydrogen-bond acceptors (Lipinski definition) is 4. The van der Waals surface area contributed by atoms with E-state index >= 15 is 0 Å². The number of halogens is 1. The largest absolute Gasteiger partial charge is 0.321 e. The SMILES string of the molecule is Cc1ccc(Cl)cc1NC(=O)c1sc2ncn(Cc3ccccc3)c(=O)c2c1C. The topological polar surface area (TPSA) is 64.0 Å². The Hall–Kier alpha value is -2.96. The summed E-state index contributed by atoms with van der Waals surface area (Å²) in [6.07, 6.45) is 1.54. The smallest absolute Gasteiger partial charge is 0.266 e. The molecule has 2 aromatic heterocycles. The fraction of sp³-hybridized carbons (Fsp3) is 0.136. The summed E-state index contributed by atoms with van der Waals surface area (Å²) in [6, 6.07) is 15.1. The Balaban J connectivity index is 1.70. The summed E-state index contributed by atoms with van der Waals surface area (Å²) in [5.41, 5.74) is 3.06.